The zero-order valence-corrected chi connectivity index (χ0v) is 14.7. The first-order valence-electron chi connectivity index (χ1n) is 8.60. The minimum absolute atomic E-state index is 0.215. The molecule has 0 aliphatic carbocycles. The quantitative estimate of drug-likeness (QED) is 0.917. The fourth-order valence-electron chi connectivity index (χ4n) is 3.10. The number of piperazine rings is 1. The molecule has 0 radical (unpaired) electrons. The molecule has 1 atom stereocenters. The Morgan fingerprint density at radius 1 is 1.21 bits per heavy atom. The molecule has 4 nitrogen and oxygen atoms in total. The number of nitrogens with zero attached hydrogens (tertiary/aromatic N) is 1. The molecule has 3 rings (SSSR count). The monoisotopic (exact) mass is 326 g/mol. The molecule has 0 spiro atoms. The number of nitrogens with one attached hydrogen (secondary N) is 1. The van der Waals surface area contributed by atoms with E-state index in [-0.39, 0.29) is 12.1 Å². The van der Waals surface area contributed by atoms with Gasteiger partial charge in [0.2, 0.25) is 0 Å². The highest BCUT2D eigenvalue weighted by molar-refractivity contribution is 5.83. The Bertz CT molecular complexity index is 721. The molecular weight excluding hydrogens is 300 g/mol. The molecule has 1 amide bonds. The van der Waals surface area contributed by atoms with Gasteiger partial charge in [-0.05, 0) is 43.5 Å². The number of carbonyl (C=O) groups is 1. The van der Waals surface area contributed by atoms with Gasteiger partial charge in [0, 0.05) is 25.7 Å². The zero-order valence-electron chi connectivity index (χ0n) is 14.7. The number of hydrogen-bond acceptors (Lipinski definition) is 3. The SMILES string of the molecule is CC(C)(C)OC(=O)N1CCN[C@@H](Cc2ccc3ccccc3c2)C1. The van der Waals surface area contributed by atoms with Crippen LogP contribution in [0, 0.1) is 0 Å². The molecule has 2 aromatic carbocycles. The van der Waals surface area contributed by atoms with Crippen LogP contribution in [0.15, 0.2) is 42.5 Å². The highest BCUT2D eigenvalue weighted by Gasteiger charge is 2.27. The molecule has 2 aromatic rings. The van der Waals surface area contributed by atoms with Crippen molar-refractivity contribution >= 4 is 16.9 Å². The van der Waals surface area contributed by atoms with E-state index < -0.39 is 5.60 Å². The summed E-state index contributed by atoms with van der Waals surface area (Å²) < 4.78 is 5.49. The van der Waals surface area contributed by atoms with Crippen molar-refractivity contribution in [2.24, 2.45) is 0 Å². The minimum atomic E-state index is -0.449. The first-order valence-corrected chi connectivity index (χ1v) is 8.60. The van der Waals surface area contributed by atoms with Gasteiger partial charge in [-0.1, -0.05) is 42.5 Å². The number of ether oxygens (including phenoxy) is 1. The second-order valence-corrected chi connectivity index (χ2v) is 7.46. The van der Waals surface area contributed by atoms with E-state index in [2.05, 4.69) is 47.8 Å². The Morgan fingerprint density at radius 2 is 1.96 bits per heavy atom. The Labute approximate surface area is 143 Å². The van der Waals surface area contributed by atoms with Crippen molar-refractivity contribution in [2.45, 2.75) is 38.8 Å². The predicted molar refractivity (Wildman–Crippen MR) is 97.2 cm³/mol. The van der Waals surface area contributed by atoms with Crippen molar-refractivity contribution in [3.8, 4) is 0 Å². The molecule has 0 aromatic heterocycles. The average Bonchev–Trinajstić information content (AvgIpc) is 2.53. The van der Waals surface area contributed by atoms with Crippen LogP contribution in [0.2, 0.25) is 0 Å². The summed E-state index contributed by atoms with van der Waals surface area (Å²) in [6, 6.07) is 15.2. The number of amides is 1. The molecule has 0 unspecified atom stereocenters. The first kappa shape index (κ1) is 16.8. The minimum Gasteiger partial charge on any atom is -0.444 e. The Balaban J connectivity index is 1.65. The lowest BCUT2D eigenvalue weighted by Gasteiger charge is -2.35. The largest absolute Gasteiger partial charge is 0.444 e. The van der Waals surface area contributed by atoms with E-state index in [9.17, 15) is 4.79 Å². The summed E-state index contributed by atoms with van der Waals surface area (Å²) in [4.78, 5) is 14.1. The molecule has 24 heavy (non-hydrogen) atoms. The molecule has 1 aliphatic heterocycles. The topological polar surface area (TPSA) is 41.6 Å². The summed E-state index contributed by atoms with van der Waals surface area (Å²) in [6.45, 7) is 7.89. The molecule has 4 heteroatoms. The van der Waals surface area contributed by atoms with Crippen molar-refractivity contribution in [1.29, 1.82) is 0 Å². The van der Waals surface area contributed by atoms with Crippen LogP contribution in [0.3, 0.4) is 0 Å². The summed E-state index contributed by atoms with van der Waals surface area (Å²) in [6.07, 6.45) is 0.692. The number of hydrogen-bond donors (Lipinski definition) is 1. The Hall–Kier alpha value is -2.07. The van der Waals surface area contributed by atoms with Crippen molar-refractivity contribution < 1.29 is 9.53 Å². The molecule has 0 bridgehead atoms. The zero-order chi connectivity index (χ0) is 17.2. The van der Waals surface area contributed by atoms with E-state index in [4.69, 9.17) is 4.74 Å². The Morgan fingerprint density at radius 3 is 2.71 bits per heavy atom. The molecule has 1 fully saturated rings. The van der Waals surface area contributed by atoms with Gasteiger partial charge >= 0.3 is 6.09 Å². The van der Waals surface area contributed by atoms with Crippen LogP contribution in [0.5, 0.6) is 0 Å². The summed E-state index contributed by atoms with van der Waals surface area (Å²) >= 11 is 0. The van der Waals surface area contributed by atoms with Gasteiger partial charge in [-0.25, -0.2) is 4.79 Å². The average molecular weight is 326 g/mol. The van der Waals surface area contributed by atoms with Gasteiger partial charge in [0.25, 0.3) is 0 Å². The van der Waals surface area contributed by atoms with Crippen LogP contribution in [0.4, 0.5) is 4.79 Å². The van der Waals surface area contributed by atoms with E-state index >= 15 is 0 Å². The van der Waals surface area contributed by atoms with Crippen LogP contribution < -0.4 is 5.32 Å². The van der Waals surface area contributed by atoms with Crippen LogP contribution in [-0.4, -0.2) is 42.3 Å². The van der Waals surface area contributed by atoms with E-state index in [1.165, 1.54) is 16.3 Å². The summed E-state index contributed by atoms with van der Waals surface area (Å²) in [5.74, 6) is 0. The molecule has 1 saturated heterocycles. The second kappa shape index (κ2) is 6.81. The number of fused-ring (bicyclic) bond motifs is 1. The van der Waals surface area contributed by atoms with Crippen molar-refractivity contribution in [3.63, 3.8) is 0 Å². The number of benzene rings is 2. The summed E-state index contributed by atoms with van der Waals surface area (Å²) in [5.41, 5.74) is 0.841. The lowest BCUT2D eigenvalue weighted by atomic mass is 10.0. The van der Waals surface area contributed by atoms with Crippen LogP contribution in [0.25, 0.3) is 10.8 Å². The maximum Gasteiger partial charge on any atom is 0.410 e. The highest BCUT2D eigenvalue weighted by atomic mass is 16.6. The van der Waals surface area contributed by atoms with Gasteiger partial charge < -0.3 is 15.0 Å². The fourth-order valence-corrected chi connectivity index (χ4v) is 3.10. The van der Waals surface area contributed by atoms with Crippen LogP contribution in [0.1, 0.15) is 26.3 Å². The maximum atomic E-state index is 12.3. The van der Waals surface area contributed by atoms with Crippen molar-refractivity contribution in [2.75, 3.05) is 19.6 Å². The predicted octanol–water partition coefficient (Wildman–Crippen LogP) is 3.59. The van der Waals surface area contributed by atoms with Crippen molar-refractivity contribution in [3.05, 3.63) is 48.0 Å². The normalized spacial score (nSPS) is 18.6. The van der Waals surface area contributed by atoms with E-state index in [0.29, 0.717) is 13.1 Å². The smallest absolute Gasteiger partial charge is 0.410 e. The summed E-state index contributed by atoms with van der Waals surface area (Å²) in [7, 11) is 0. The lowest BCUT2D eigenvalue weighted by molar-refractivity contribution is 0.0195. The third-order valence-corrected chi connectivity index (χ3v) is 4.20. The number of carbonyl (C=O) groups excluding carboxylic acids is 1. The number of rotatable bonds is 2. The Kier molecular flexibility index (Phi) is 4.76. The molecule has 128 valence electrons. The van der Waals surface area contributed by atoms with Gasteiger partial charge in [0.15, 0.2) is 0 Å². The van der Waals surface area contributed by atoms with Gasteiger partial charge in [0.1, 0.15) is 5.60 Å². The van der Waals surface area contributed by atoms with E-state index in [0.717, 1.165) is 13.0 Å². The van der Waals surface area contributed by atoms with Crippen LogP contribution in [-0.2, 0) is 11.2 Å². The van der Waals surface area contributed by atoms with Gasteiger partial charge in [-0.2, -0.15) is 0 Å². The van der Waals surface area contributed by atoms with Crippen molar-refractivity contribution in [1.82, 2.24) is 10.2 Å². The highest BCUT2D eigenvalue weighted by Crippen LogP contribution is 2.18. The molecule has 1 heterocycles. The lowest BCUT2D eigenvalue weighted by Crippen LogP contribution is -2.54. The molecule has 1 aliphatic rings. The van der Waals surface area contributed by atoms with E-state index in [1.807, 2.05) is 25.7 Å². The third-order valence-electron chi connectivity index (χ3n) is 4.20. The first-order chi connectivity index (χ1) is 11.4. The standard InChI is InChI=1S/C20H26N2O2/c1-20(2,3)24-19(23)22-11-10-21-18(14-22)13-15-8-9-16-6-4-5-7-17(16)12-15/h4-9,12,18,21H,10-11,13-14H2,1-3H3/t18-/m0/s1. The molecule has 1 N–H and O–H groups in total. The summed E-state index contributed by atoms with van der Waals surface area (Å²) in [5, 5.41) is 6.03. The second-order valence-electron chi connectivity index (χ2n) is 7.46. The maximum absolute atomic E-state index is 12.3. The molecule has 0 saturated carbocycles. The van der Waals surface area contributed by atoms with Crippen LogP contribution >= 0.6 is 0 Å². The third kappa shape index (κ3) is 4.26. The fraction of sp³-hybridized carbons (Fsp3) is 0.450. The van der Waals surface area contributed by atoms with Gasteiger partial charge in [-0.3, -0.25) is 0 Å². The van der Waals surface area contributed by atoms with E-state index in [1.54, 1.807) is 0 Å². The molecular formula is C20H26N2O2. The van der Waals surface area contributed by atoms with Gasteiger partial charge in [-0.15, -0.1) is 0 Å². The van der Waals surface area contributed by atoms with Gasteiger partial charge in [0.05, 0.1) is 0 Å².